The van der Waals surface area contributed by atoms with Gasteiger partial charge in [0.1, 0.15) is 5.82 Å². The maximum atomic E-state index is 12.8. The highest BCUT2D eigenvalue weighted by molar-refractivity contribution is 9.09. The van der Waals surface area contributed by atoms with Crippen LogP contribution in [0.15, 0.2) is 24.3 Å². The van der Waals surface area contributed by atoms with Gasteiger partial charge < -0.3 is 9.47 Å². The number of methoxy groups -OCH3 is 1. The number of hydrogen-bond acceptors (Lipinski definition) is 2. The number of alkyl halides is 1. The number of rotatable bonds is 7. The van der Waals surface area contributed by atoms with E-state index in [1.54, 1.807) is 19.2 Å². The SMILES string of the molecule is COC(C)(C)CCOC(CBr)c1ccc(F)cc1. The normalized spacial score (nSPS) is 13.6. The van der Waals surface area contributed by atoms with Crippen LogP contribution in [0.4, 0.5) is 4.39 Å². The molecule has 1 atom stereocenters. The van der Waals surface area contributed by atoms with E-state index in [9.17, 15) is 4.39 Å². The van der Waals surface area contributed by atoms with Gasteiger partial charge in [-0.2, -0.15) is 0 Å². The largest absolute Gasteiger partial charge is 0.379 e. The third kappa shape index (κ3) is 5.04. The van der Waals surface area contributed by atoms with Gasteiger partial charge in [0.05, 0.1) is 18.3 Å². The van der Waals surface area contributed by atoms with Crippen LogP contribution in [-0.2, 0) is 9.47 Å². The molecule has 0 bridgehead atoms. The van der Waals surface area contributed by atoms with Crippen molar-refractivity contribution in [2.45, 2.75) is 32.0 Å². The van der Waals surface area contributed by atoms with Crippen LogP contribution in [0, 0.1) is 5.82 Å². The van der Waals surface area contributed by atoms with Crippen LogP contribution >= 0.6 is 15.9 Å². The fourth-order valence-corrected chi connectivity index (χ4v) is 2.02. The summed E-state index contributed by atoms with van der Waals surface area (Å²) in [5.41, 5.74) is 0.795. The third-order valence-electron chi connectivity index (χ3n) is 2.96. The summed E-state index contributed by atoms with van der Waals surface area (Å²) in [7, 11) is 1.70. The molecule has 0 saturated carbocycles. The van der Waals surface area contributed by atoms with Crippen LogP contribution in [0.2, 0.25) is 0 Å². The molecule has 0 fully saturated rings. The lowest BCUT2D eigenvalue weighted by molar-refractivity contribution is -0.0228. The summed E-state index contributed by atoms with van der Waals surface area (Å²) in [4.78, 5) is 0. The van der Waals surface area contributed by atoms with Crippen molar-refractivity contribution in [3.05, 3.63) is 35.6 Å². The van der Waals surface area contributed by atoms with Gasteiger partial charge in [0, 0.05) is 12.4 Å². The fraction of sp³-hybridized carbons (Fsp3) is 0.571. The van der Waals surface area contributed by atoms with Crippen LogP contribution < -0.4 is 0 Å². The van der Waals surface area contributed by atoms with E-state index in [2.05, 4.69) is 15.9 Å². The van der Waals surface area contributed by atoms with E-state index in [4.69, 9.17) is 9.47 Å². The molecule has 18 heavy (non-hydrogen) atoms. The van der Waals surface area contributed by atoms with Crippen molar-refractivity contribution in [2.75, 3.05) is 19.0 Å². The summed E-state index contributed by atoms with van der Waals surface area (Å²) in [5, 5.41) is 0.687. The van der Waals surface area contributed by atoms with E-state index in [1.165, 1.54) is 12.1 Å². The van der Waals surface area contributed by atoms with Crippen LogP contribution in [0.3, 0.4) is 0 Å². The second-order valence-corrected chi connectivity index (χ2v) is 5.43. The molecule has 0 aromatic heterocycles. The predicted octanol–water partition coefficient (Wildman–Crippen LogP) is 4.09. The Morgan fingerprint density at radius 2 is 1.89 bits per heavy atom. The van der Waals surface area contributed by atoms with Crippen LogP contribution in [-0.4, -0.2) is 24.6 Å². The molecule has 2 nitrogen and oxygen atoms in total. The van der Waals surface area contributed by atoms with E-state index >= 15 is 0 Å². The molecule has 0 aliphatic heterocycles. The van der Waals surface area contributed by atoms with Gasteiger partial charge in [0.15, 0.2) is 0 Å². The van der Waals surface area contributed by atoms with Gasteiger partial charge in [0.25, 0.3) is 0 Å². The topological polar surface area (TPSA) is 18.5 Å². The highest BCUT2D eigenvalue weighted by Crippen LogP contribution is 2.22. The van der Waals surface area contributed by atoms with Crippen molar-refractivity contribution in [2.24, 2.45) is 0 Å². The van der Waals surface area contributed by atoms with E-state index < -0.39 is 0 Å². The first kappa shape index (κ1) is 15.6. The lowest BCUT2D eigenvalue weighted by Crippen LogP contribution is -2.25. The van der Waals surface area contributed by atoms with Crippen molar-refractivity contribution in [1.29, 1.82) is 0 Å². The van der Waals surface area contributed by atoms with Gasteiger partial charge in [0.2, 0.25) is 0 Å². The summed E-state index contributed by atoms with van der Waals surface area (Å²) in [6, 6.07) is 6.41. The van der Waals surface area contributed by atoms with Gasteiger partial charge in [-0.3, -0.25) is 0 Å². The van der Waals surface area contributed by atoms with E-state index in [0.29, 0.717) is 11.9 Å². The molecule has 0 heterocycles. The smallest absolute Gasteiger partial charge is 0.123 e. The van der Waals surface area contributed by atoms with E-state index in [1.807, 2.05) is 13.8 Å². The zero-order valence-corrected chi connectivity index (χ0v) is 12.7. The molecule has 0 saturated heterocycles. The van der Waals surface area contributed by atoms with Crippen LogP contribution in [0.5, 0.6) is 0 Å². The second kappa shape index (κ2) is 7.22. The minimum atomic E-state index is -0.229. The number of benzene rings is 1. The number of ether oxygens (including phenoxy) is 2. The Labute approximate surface area is 117 Å². The predicted molar refractivity (Wildman–Crippen MR) is 74.6 cm³/mol. The molecule has 0 amide bonds. The van der Waals surface area contributed by atoms with Crippen molar-refractivity contribution >= 4 is 15.9 Å². The molecule has 1 aromatic carbocycles. The van der Waals surface area contributed by atoms with Gasteiger partial charge >= 0.3 is 0 Å². The Hall–Kier alpha value is -0.450. The maximum Gasteiger partial charge on any atom is 0.123 e. The molecule has 0 aliphatic rings. The average molecular weight is 319 g/mol. The summed E-state index contributed by atoms with van der Waals surface area (Å²) in [6.45, 7) is 4.66. The summed E-state index contributed by atoms with van der Waals surface area (Å²) in [6.07, 6.45) is 0.757. The van der Waals surface area contributed by atoms with Crippen molar-refractivity contribution in [3.8, 4) is 0 Å². The Kier molecular flexibility index (Phi) is 6.26. The highest BCUT2D eigenvalue weighted by Gasteiger charge is 2.18. The molecule has 4 heteroatoms. The third-order valence-corrected chi connectivity index (χ3v) is 3.55. The maximum absolute atomic E-state index is 12.8. The zero-order chi connectivity index (χ0) is 13.6. The first-order valence-corrected chi connectivity index (χ1v) is 7.09. The lowest BCUT2D eigenvalue weighted by Gasteiger charge is -2.24. The Balaban J connectivity index is 2.50. The highest BCUT2D eigenvalue weighted by atomic mass is 79.9. The minimum Gasteiger partial charge on any atom is -0.379 e. The molecule has 1 unspecified atom stereocenters. The molecule has 0 spiro atoms. The number of halogens is 2. The van der Waals surface area contributed by atoms with Gasteiger partial charge in [-0.25, -0.2) is 4.39 Å². The first-order valence-electron chi connectivity index (χ1n) is 5.96. The average Bonchev–Trinajstić information content (AvgIpc) is 2.36. The molecule has 0 radical (unpaired) electrons. The van der Waals surface area contributed by atoms with Crippen LogP contribution in [0.1, 0.15) is 31.9 Å². The van der Waals surface area contributed by atoms with Crippen molar-refractivity contribution < 1.29 is 13.9 Å². The van der Waals surface area contributed by atoms with Crippen molar-refractivity contribution in [3.63, 3.8) is 0 Å². The minimum absolute atomic E-state index is 0.0572. The molecule has 1 aromatic rings. The van der Waals surface area contributed by atoms with E-state index in [-0.39, 0.29) is 17.5 Å². The molecule has 0 aliphatic carbocycles. The first-order chi connectivity index (χ1) is 8.48. The molecular formula is C14H20BrFO2. The molecule has 102 valence electrons. The summed E-state index contributed by atoms with van der Waals surface area (Å²) < 4.78 is 24.0. The zero-order valence-electron chi connectivity index (χ0n) is 11.1. The quantitative estimate of drug-likeness (QED) is 0.705. The van der Waals surface area contributed by atoms with Gasteiger partial charge in [-0.1, -0.05) is 28.1 Å². The lowest BCUT2D eigenvalue weighted by atomic mass is 10.1. The van der Waals surface area contributed by atoms with Gasteiger partial charge in [-0.15, -0.1) is 0 Å². The molecular weight excluding hydrogens is 299 g/mol. The van der Waals surface area contributed by atoms with E-state index in [0.717, 1.165) is 12.0 Å². The Morgan fingerprint density at radius 3 is 2.39 bits per heavy atom. The number of hydrogen-bond donors (Lipinski definition) is 0. The monoisotopic (exact) mass is 318 g/mol. The fourth-order valence-electron chi connectivity index (χ4n) is 1.46. The Bertz CT molecular complexity index is 351. The Morgan fingerprint density at radius 1 is 1.28 bits per heavy atom. The molecule has 1 rings (SSSR count). The standard InChI is InChI=1S/C14H20BrFO2/c1-14(2,17-3)8-9-18-13(10-15)11-4-6-12(16)7-5-11/h4-7,13H,8-10H2,1-3H3. The van der Waals surface area contributed by atoms with Crippen molar-refractivity contribution in [1.82, 2.24) is 0 Å². The second-order valence-electron chi connectivity index (χ2n) is 4.78. The van der Waals surface area contributed by atoms with Gasteiger partial charge in [-0.05, 0) is 38.0 Å². The summed E-state index contributed by atoms with van der Waals surface area (Å²) >= 11 is 3.42. The van der Waals surface area contributed by atoms with Crippen LogP contribution in [0.25, 0.3) is 0 Å². The molecule has 0 N–H and O–H groups in total. The summed E-state index contributed by atoms with van der Waals surface area (Å²) in [5.74, 6) is -0.229.